The molecule has 0 saturated heterocycles. The van der Waals surface area contributed by atoms with Crippen molar-refractivity contribution >= 4 is 11.8 Å². The second-order valence-electron chi connectivity index (χ2n) is 13.2. The Morgan fingerprint density at radius 1 is 0.824 bits per heavy atom. The third-order valence-corrected chi connectivity index (χ3v) is 8.97. The van der Waals surface area contributed by atoms with Gasteiger partial charge in [-0.1, -0.05) is 48.5 Å². The molecular formula is C41H45N5O5. The molecule has 10 heteroatoms. The Hall–Kier alpha value is -5.45. The van der Waals surface area contributed by atoms with Crippen molar-refractivity contribution in [3.63, 3.8) is 0 Å². The van der Waals surface area contributed by atoms with Crippen LogP contribution in [0.1, 0.15) is 69.5 Å². The summed E-state index contributed by atoms with van der Waals surface area (Å²) in [5.41, 5.74) is 7.39. The molecule has 3 atom stereocenters. The van der Waals surface area contributed by atoms with Crippen molar-refractivity contribution in [1.29, 1.82) is 0 Å². The van der Waals surface area contributed by atoms with Crippen LogP contribution in [0, 0.1) is 13.8 Å². The summed E-state index contributed by atoms with van der Waals surface area (Å²) in [6.07, 6.45) is 1.76. The summed E-state index contributed by atoms with van der Waals surface area (Å²) in [7, 11) is 0. The molecule has 0 radical (unpaired) electrons. The Bertz CT molecular complexity index is 1950. The van der Waals surface area contributed by atoms with Crippen LogP contribution >= 0.6 is 0 Å². The lowest BCUT2D eigenvalue weighted by atomic mass is 10.0. The van der Waals surface area contributed by atoms with Crippen LogP contribution in [0.4, 0.5) is 0 Å². The van der Waals surface area contributed by atoms with Gasteiger partial charge in [0.15, 0.2) is 11.5 Å². The topological polar surface area (TPSA) is 127 Å². The van der Waals surface area contributed by atoms with Gasteiger partial charge < -0.3 is 35.1 Å². The summed E-state index contributed by atoms with van der Waals surface area (Å²) in [6.45, 7) is 9.14. The zero-order chi connectivity index (χ0) is 35.9. The molecule has 3 aromatic carbocycles. The largest absolute Gasteiger partial charge is 0.451 e. The number of hydrogen-bond acceptors (Lipinski definition) is 7. The van der Waals surface area contributed by atoms with Gasteiger partial charge in [0.2, 0.25) is 12.2 Å². The summed E-state index contributed by atoms with van der Waals surface area (Å²) in [6, 6.07) is 29.0. The van der Waals surface area contributed by atoms with Gasteiger partial charge in [0, 0.05) is 61.3 Å². The number of fused-ring (bicyclic) bond motifs is 1. The molecule has 2 aromatic heterocycles. The van der Waals surface area contributed by atoms with Crippen molar-refractivity contribution in [1.82, 2.24) is 25.5 Å². The standard InChI is InChI=1S/C41H45N5O5/c1-26(42-25-36(47)35-15-17-39(43-24-35)46-27(2)8-9-28(46)3)18-31-6-5-7-32(19-31)21-40(48)44-22-30-10-13-34(14-11-30)41(49)45-23-33-12-16-37-38(20-33)51-29(4)50-37/h5-17,19-20,24,26,29,36,42,47H,18,21-23,25H2,1-4H3,(H,44,48)(H,45,49)/t26?,29?,36-/m0/s1. The molecular weight excluding hydrogens is 642 g/mol. The molecule has 51 heavy (non-hydrogen) atoms. The van der Waals surface area contributed by atoms with Gasteiger partial charge in [-0.05, 0) is 91.9 Å². The first-order valence-electron chi connectivity index (χ1n) is 17.3. The summed E-state index contributed by atoms with van der Waals surface area (Å²) >= 11 is 0. The molecule has 0 saturated carbocycles. The molecule has 0 aliphatic carbocycles. The van der Waals surface area contributed by atoms with E-state index in [0.717, 1.165) is 51.4 Å². The van der Waals surface area contributed by atoms with E-state index in [-0.39, 0.29) is 30.6 Å². The predicted octanol–water partition coefficient (Wildman–Crippen LogP) is 5.65. The molecule has 2 unspecified atom stereocenters. The van der Waals surface area contributed by atoms with Crippen molar-refractivity contribution in [2.45, 2.75) is 72.1 Å². The lowest BCUT2D eigenvalue weighted by Gasteiger charge is -2.18. The van der Waals surface area contributed by atoms with Crippen LogP contribution in [-0.2, 0) is 30.7 Å². The molecule has 0 fully saturated rings. The number of ether oxygens (including phenoxy) is 2. The number of carbonyl (C=O) groups excluding carboxylic acids is 2. The monoisotopic (exact) mass is 687 g/mol. The fourth-order valence-electron chi connectivity index (χ4n) is 6.22. The van der Waals surface area contributed by atoms with Crippen LogP contribution in [0.25, 0.3) is 5.82 Å². The van der Waals surface area contributed by atoms with Crippen molar-refractivity contribution < 1.29 is 24.2 Å². The highest BCUT2D eigenvalue weighted by atomic mass is 16.7. The lowest BCUT2D eigenvalue weighted by Crippen LogP contribution is -2.32. The van der Waals surface area contributed by atoms with Crippen LogP contribution < -0.4 is 25.4 Å². The molecule has 1 aliphatic rings. The van der Waals surface area contributed by atoms with Gasteiger partial charge in [-0.25, -0.2) is 4.98 Å². The average molecular weight is 688 g/mol. The smallest absolute Gasteiger partial charge is 0.251 e. The Morgan fingerprint density at radius 2 is 1.53 bits per heavy atom. The summed E-state index contributed by atoms with van der Waals surface area (Å²) < 4.78 is 13.2. The van der Waals surface area contributed by atoms with Crippen molar-refractivity contribution in [3.05, 3.63) is 142 Å². The van der Waals surface area contributed by atoms with E-state index >= 15 is 0 Å². The predicted molar refractivity (Wildman–Crippen MR) is 196 cm³/mol. The van der Waals surface area contributed by atoms with E-state index in [1.165, 1.54) is 0 Å². The number of aryl methyl sites for hydroxylation is 2. The van der Waals surface area contributed by atoms with Crippen LogP contribution in [-0.4, -0.2) is 45.3 Å². The fourth-order valence-corrected chi connectivity index (χ4v) is 6.22. The summed E-state index contributed by atoms with van der Waals surface area (Å²) in [5, 5.41) is 20.1. The zero-order valence-electron chi connectivity index (χ0n) is 29.5. The number of pyridine rings is 1. The molecule has 6 rings (SSSR count). The Balaban J connectivity index is 0.915. The summed E-state index contributed by atoms with van der Waals surface area (Å²) in [5.74, 6) is 1.96. The van der Waals surface area contributed by atoms with Crippen molar-refractivity contribution in [3.8, 4) is 17.3 Å². The van der Waals surface area contributed by atoms with E-state index in [9.17, 15) is 14.7 Å². The molecule has 1 aliphatic heterocycles. The average Bonchev–Trinajstić information content (AvgIpc) is 3.67. The van der Waals surface area contributed by atoms with E-state index in [0.29, 0.717) is 36.7 Å². The molecule has 10 nitrogen and oxygen atoms in total. The molecule has 0 bridgehead atoms. The van der Waals surface area contributed by atoms with Gasteiger partial charge in [0.05, 0.1) is 12.5 Å². The molecule has 264 valence electrons. The third kappa shape index (κ3) is 9.22. The van der Waals surface area contributed by atoms with Gasteiger partial charge in [-0.15, -0.1) is 0 Å². The van der Waals surface area contributed by atoms with Crippen LogP contribution in [0.15, 0.2) is 97.2 Å². The maximum absolute atomic E-state index is 12.8. The number of carbonyl (C=O) groups is 2. The van der Waals surface area contributed by atoms with Gasteiger partial charge in [-0.3, -0.25) is 9.59 Å². The minimum atomic E-state index is -0.680. The normalized spacial score (nSPS) is 14.6. The fraction of sp³-hybridized carbons (Fsp3) is 0.293. The molecule has 0 spiro atoms. The Labute approximate surface area is 298 Å². The van der Waals surface area contributed by atoms with Crippen LogP contribution in [0.5, 0.6) is 11.5 Å². The number of aliphatic hydroxyl groups is 1. The quantitative estimate of drug-likeness (QED) is 0.119. The van der Waals surface area contributed by atoms with E-state index in [1.54, 1.807) is 18.3 Å². The molecule has 2 amide bonds. The number of aliphatic hydroxyl groups excluding tert-OH is 1. The number of amides is 2. The third-order valence-electron chi connectivity index (χ3n) is 8.97. The maximum Gasteiger partial charge on any atom is 0.251 e. The van der Waals surface area contributed by atoms with E-state index in [4.69, 9.17) is 9.47 Å². The highest BCUT2D eigenvalue weighted by Gasteiger charge is 2.20. The van der Waals surface area contributed by atoms with Crippen LogP contribution in [0.2, 0.25) is 0 Å². The zero-order valence-corrected chi connectivity index (χ0v) is 29.5. The highest BCUT2D eigenvalue weighted by molar-refractivity contribution is 5.94. The van der Waals surface area contributed by atoms with Gasteiger partial charge in [0.25, 0.3) is 5.91 Å². The number of rotatable bonds is 14. The van der Waals surface area contributed by atoms with Gasteiger partial charge >= 0.3 is 0 Å². The SMILES string of the molecule is Cc1ccc(C)n1-c1ccc([C@@H](O)CNC(C)Cc2cccc(CC(=O)NCc3ccc(C(=O)NCc4ccc5c(c4)OC(C)O5)cc3)c2)cn1. The van der Waals surface area contributed by atoms with E-state index < -0.39 is 6.10 Å². The number of nitrogens with one attached hydrogen (secondary N) is 3. The minimum absolute atomic E-state index is 0.0805. The Kier molecular flexibility index (Phi) is 11.1. The first-order valence-corrected chi connectivity index (χ1v) is 17.3. The van der Waals surface area contributed by atoms with Gasteiger partial charge in [-0.2, -0.15) is 0 Å². The van der Waals surface area contributed by atoms with E-state index in [1.807, 2.05) is 75.4 Å². The Morgan fingerprint density at radius 3 is 2.27 bits per heavy atom. The summed E-state index contributed by atoms with van der Waals surface area (Å²) in [4.78, 5) is 30.1. The molecule has 3 heterocycles. The van der Waals surface area contributed by atoms with Crippen molar-refractivity contribution in [2.24, 2.45) is 0 Å². The van der Waals surface area contributed by atoms with Crippen molar-refractivity contribution in [2.75, 3.05) is 6.54 Å². The lowest BCUT2D eigenvalue weighted by molar-refractivity contribution is -0.120. The number of nitrogens with zero attached hydrogens (tertiary/aromatic N) is 2. The number of aromatic nitrogens is 2. The highest BCUT2D eigenvalue weighted by Crippen LogP contribution is 2.35. The van der Waals surface area contributed by atoms with Crippen LogP contribution in [0.3, 0.4) is 0 Å². The number of hydrogen-bond donors (Lipinski definition) is 4. The molecule has 5 aromatic rings. The minimum Gasteiger partial charge on any atom is -0.451 e. The number of benzene rings is 3. The van der Waals surface area contributed by atoms with E-state index in [2.05, 4.69) is 56.7 Å². The second-order valence-corrected chi connectivity index (χ2v) is 13.2. The maximum atomic E-state index is 12.8. The first-order chi connectivity index (χ1) is 24.6. The first kappa shape index (κ1) is 35.4. The molecule has 4 N–H and O–H groups in total. The van der Waals surface area contributed by atoms with Gasteiger partial charge in [0.1, 0.15) is 5.82 Å². The second kappa shape index (κ2) is 16.1.